The minimum Gasteiger partial charge on any atom is -0.300 e. The van der Waals surface area contributed by atoms with Crippen LogP contribution < -0.4 is 0 Å². The Morgan fingerprint density at radius 1 is 1.29 bits per heavy atom. The number of hydrogen-bond donors (Lipinski definition) is 0. The number of carbonyl (C=O) groups excluding carboxylic acids is 1. The second-order valence-corrected chi connectivity index (χ2v) is 5.09. The molecule has 0 aromatic carbocycles. The van der Waals surface area contributed by atoms with Crippen molar-refractivity contribution in [2.24, 2.45) is 11.8 Å². The lowest BCUT2D eigenvalue weighted by atomic mass is 9.82. The molecule has 0 aromatic rings. The first-order chi connectivity index (χ1) is 6.68. The van der Waals surface area contributed by atoms with Crippen molar-refractivity contribution < 1.29 is 4.79 Å². The molecule has 1 aliphatic carbocycles. The normalized spacial score (nSPS) is 20.7. The zero-order valence-corrected chi connectivity index (χ0v) is 9.72. The Balaban J connectivity index is 2.11. The van der Waals surface area contributed by atoms with Crippen LogP contribution in [0.2, 0.25) is 0 Å². The summed E-state index contributed by atoms with van der Waals surface area (Å²) in [4.78, 5) is 10.8. The van der Waals surface area contributed by atoms with E-state index in [-0.39, 0.29) is 0 Å². The SMILES string of the molecule is CC(=O)CCC(C)CC1CCCCC1. The Labute approximate surface area is 88.3 Å². The van der Waals surface area contributed by atoms with Crippen LogP contribution in [-0.2, 0) is 4.79 Å². The molecule has 0 aromatic heterocycles. The highest BCUT2D eigenvalue weighted by molar-refractivity contribution is 5.75. The molecule has 0 bridgehead atoms. The van der Waals surface area contributed by atoms with E-state index in [1.54, 1.807) is 6.92 Å². The highest BCUT2D eigenvalue weighted by Crippen LogP contribution is 2.30. The van der Waals surface area contributed by atoms with E-state index in [0.29, 0.717) is 5.78 Å². The van der Waals surface area contributed by atoms with Gasteiger partial charge in [0.1, 0.15) is 5.78 Å². The summed E-state index contributed by atoms with van der Waals surface area (Å²) in [6, 6.07) is 0. The van der Waals surface area contributed by atoms with Crippen molar-refractivity contribution in [2.75, 3.05) is 0 Å². The summed E-state index contributed by atoms with van der Waals surface area (Å²) < 4.78 is 0. The molecule has 1 rings (SSSR count). The quantitative estimate of drug-likeness (QED) is 0.650. The summed E-state index contributed by atoms with van der Waals surface area (Å²) in [6.07, 6.45) is 10.4. The van der Waals surface area contributed by atoms with Crippen molar-refractivity contribution in [3.8, 4) is 0 Å². The highest BCUT2D eigenvalue weighted by atomic mass is 16.1. The van der Waals surface area contributed by atoms with Crippen molar-refractivity contribution in [2.45, 2.75) is 65.2 Å². The first kappa shape index (κ1) is 11.7. The molecule has 82 valence electrons. The van der Waals surface area contributed by atoms with Gasteiger partial charge in [0.25, 0.3) is 0 Å². The van der Waals surface area contributed by atoms with Gasteiger partial charge in [-0.3, -0.25) is 0 Å². The molecule has 1 heteroatoms. The topological polar surface area (TPSA) is 17.1 Å². The Kier molecular flexibility index (Phi) is 5.21. The van der Waals surface area contributed by atoms with Crippen LogP contribution in [0.25, 0.3) is 0 Å². The number of carbonyl (C=O) groups is 1. The van der Waals surface area contributed by atoms with Crippen LogP contribution in [0.4, 0.5) is 0 Å². The van der Waals surface area contributed by atoms with Gasteiger partial charge < -0.3 is 4.79 Å². The molecule has 1 nitrogen and oxygen atoms in total. The summed E-state index contributed by atoms with van der Waals surface area (Å²) in [6.45, 7) is 4.00. The third-order valence-electron chi connectivity index (χ3n) is 3.45. The smallest absolute Gasteiger partial charge is 0.129 e. The van der Waals surface area contributed by atoms with Gasteiger partial charge in [-0.05, 0) is 31.6 Å². The van der Waals surface area contributed by atoms with Gasteiger partial charge in [-0.2, -0.15) is 0 Å². The Morgan fingerprint density at radius 2 is 1.93 bits per heavy atom. The number of rotatable bonds is 5. The minimum atomic E-state index is 0.348. The molecular weight excluding hydrogens is 172 g/mol. The number of ketones is 1. The lowest BCUT2D eigenvalue weighted by Crippen LogP contribution is -2.11. The Hall–Kier alpha value is -0.330. The zero-order chi connectivity index (χ0) is 10.4. The van der Waals surface area contributed by atoms with E-state index in [2.05, 4.69) is 6.92 Å². The lowest BCUT2D eigenvalue weighted by molar-refractivity contribution is -0.117. The maximum absolute atomic E-state index is 10.8. The van der Waals surface area contributed by atoms with E-state index < -0.39 is 0 Å². The predicted octanol–water partition coefficient (Wildman–Crippen LogP) is 3.96. The molecule has 0 amide bonds. The maximum atomic E-state index is 10.8. The molecular formula is C13H24O. The van der Waals surface area contributed by atoms with Gasteiger partial charge in [0, 0.05) is 6.42 Å². The molecule has 0 spiro atoms. The Morgan fingerprint density at radius 3 is 2.50 bits per heavy atom. The molecule has 1 atom stereocenters. The third-order valence-corrected chi connectivity index (χ3v) is 3.45. The summed E-state index contributed by atoms with van der Waals surface area (Å²) in [7, 11) is 0. The predicted molar refractivity (Wildman–Crippen MR) is 60.3 cm³/mol. The van der Waals surface area contributed by atoms with Crippen LogP contribution in [-0.4, -0.2) is 5.78 Å². The molecule has 1 unspecified atom stereocenters. The lowest BCUT2D eigenvalue weighted by Gasteiger charge is -2.24. The van der Waals surface area contributed by atoms with E-state index in [1.165, 1.54) is 38.5 Å². The van der Waals surface area contributed by atoms with Gasteiger partial charge in [0.05, 0.1) is 0 Å². The van der Waals surface area contributed by atoms with Gasteiger partial charge in [-0.25, -0.2) is 0 Å². The first-order valence-corrected chi connectivity index (χ1v) is 6.18. The Bertz CT molecular complexity index is 168. The molecule has 1 fully saturated rings. The van der Waals surface area contributed by atoms with Gasteiger partial charge >= 0.3 is 0 Å². The van der Waals surface area contributed by atoms with Crippen LogP contribution in [0.3, 0.4) is 0 Å². The second-order valence-electron chi connectivity index (χ2n) is 5.09. The molecule has 0 aliphatic heterocycles. The van der Waals surface area contributed by atoms with Crippen molar-refractivity contribution in [3.63, 3.8) is 0 Å². The van der Waals surface area contributed by atoms with Gasteiger partial charge in [-0.1, -0.05) is 39.0 Å². The van der Waals surface area contributed by atoms with Crippen LogP contribution in [0.5, 0.6) is 0 Å². The largest absolute Gasteiger partial charge is 0.300 e. The van der Waals surface area contributed by atoms with E-state index in [0.717, 1.165) is 24.7 Å². The summed E-state index contributed by atoms with van der Waals surface area (Å²) in [5.41, 5.74) is 0. The minimum absolute atomic E-state index is 0.348. The molecule has 0 radical (unpaired) electrons. The maximum Gasteiger partial charge on any atom is 0.129 e. The zero-order valence-electron chi connectivity index (χ0n) is 9.72. The molecule has 1 aliphatic rings. The molecule has 1 saturated carbocycles. The first-order valence-electron chi connectivity index (χ1n) is 6.18. The van der Waals surface area contributed by atoms with Crippen LogP contribution in [0.15, 0.2) is 0 Å². The molecule has 0 N–H and O–H groups in total. The summed E-state index contributed by atoms with van der Waals surface area (Å²) in [5.74, 6) is 2.06. The monoisotopic (exact) mass is 196 g/mol. The fraction of sp³-hybridized carbons (Fsp3) is 0.923. The van der Waals surface area contributed by atoms with Crippen molar-refractivity contribution >= 4 is 5.78 Å². The van der Waals surface area contributed by atoms with E-state index in [9.17, 15) is 4.79 Å². The van der Waals surface area contributed by atoms with Crippen molar-refractivity contribution in [1.29, 1.82) is 0 Å². The average molecular weight is 196 g/mol. The second kappa shape index (κ2) is 6.21. The van der Waals surface area contributed by atoms with Crippen LogP contribution >= 0.6 is 0 Å². The van der Waals surface area contributed by atoms with E-state index in [1.807, 2.05) is 0 Å². The van der Waals surface area contributed by atoms with Crippen LogP contribution in [0, 0.1) is 11.8 Å². The van der Waals surface area contributed by atoms with Gasteiger partial charge in [-0.15, -0.1) is 0 Å². The standard InChI is InChI=1S/C13H24O/c1-11(8-9-12(2)14)10-13-6-4-3-5-7-13/h11,13H,3-10H2,1-2H3. The average Bonchev–Trinajstić information content (AvgIpc) is 2.16. The number of Topliss-reactive ketones (excluding diaryl/α,β-unsaturated/α-hetero) is 1. The fourth-order valence-corrected chi connectivity index (χ4v) is 2.56. The fourth-order valence-electron chi connectivity index (χ4n) is 2.56. The van der Waals surface area contributed by atoms with Gasteiger partial charge in [0.15, 0.2) is 0 Å². The van der Waals surface area contributed by atoms with Crippen LogP contribution in [0.1, 0.15) is 65.2 Å². The summed E-state index contributed by atoms with van der Waals surface area (Å²) in [5, 5.41) is 0. The molecule has 0 saturated heterocycles. The third kappa shape index (κ3) is 4.78. The van der Waals surface area contributed by atoms with E-state index in [4.69, 9.17) is 0 Å². The van der Waals surface area contributed by atoms with Crippen molar-refractivity contribution in [1.82, 2.24) is 0 Å². The van der Waals surface area contributed by atoms with Crippen molar-refractivity contribution in [3.05, 3.63) is 0 Å². The summed E-state index contributed by atoms with van der Waals surface area (Å²) >= 11 is 0. The number of hydrogen-bond acceptors (Lipinski definition) is 1. The van der Waals surface area contributed by atoms with Gasteiger partial charge in [0.2, 0.25) is 0 Å². The molecule has 0 heterocycles. The highest BCUT2D eigenvalue weighted by Gasteiger charge is 2.16. The van der Waals surface area contributed by atoms with E-state index >= 15 is 0 Å². The molecule has 14 heavy (non-hydrogen) atoms.